The van der Waals surface area contributed by atoms with Gasteiger partial charge < -0.3 is 15.7 Å². The molecule has 0 saturated heterocycles. The van der Waals surface area contributed by atoms with E-state index in [1.165, 1.54) is 6.92 Å². The van der Waals surface area contributed by atoms with Gasteiger partial charge in [0.25, 0.3) is 0 Å². The smallest absolute Gasteiger partial charge is 0.223 e. The molecule has 3 rings (SSSR count). The quantitative estimate of drug-likeness (QED) is 0.640. The number of rotatable bonds is 5. The summed E-state index contributed by atoms with van der Waals surface area (Å²) in [5.41, 5.74) is 5.25. The summed E-state index contributed by atoms with van der Waals surface area (Å²) < 4.78 is 0. The summed E-state index contributed by atoms with van der Waals surface area (Å²) in [6.45, 7) is 7.49. The number of amides is 1. The second kappa shape index (κ2) is 7.72. The molecule has 6 nitrogen and oxygen atoms in total. The van der Waals surface area contributed by atoms with Crippen LogP contribution in [-0.2, 0) is 11.4 Å². The van der Waals surface area contributed by atoms with Crippen LogP contribution in [0, 0.1) is 6.92 Å². The molecule has 0 radical (unpaired) electrons. The zero-order chi connectivity index (χ0) is 19.6. The van der Waals surface area contributed by atoms with Crippen molar-refractivity contribution in [3.8, 4) is 11.1 Å². The molecule has 0 aliphatic heterocycles. The standard InChI is InChI=1S/C21H24N4O2/c1-12(2)23-21-22-10-16-8-18(13(3)7-20(16)25-21)19-9-17(24-14(4)27)6-5-15(19)11-26/h5-10,12,26H,11H2,1-4H3,(H,24,27)(H,22,23,25). The van der Waals surface area contributed by atoms with E-state index >= 15 is 0 Å². The van der Waals surface area contributed by atoms with Crippen LogP contribution in [0.25, 0.3) is 22.0 Å². The van der Waals surface area contributed by atoms with Crippen molar-refractivity contribution in [1.82, 2.24) is 9.97 Å². The normalized spacial score (nSPS) is 11.0. The molecule has 1 aromatic heterocycles. The third-order valence-electron chi connectivity index (χ3n) is 4.23. The lowest BCUT2D eigenvalue weighted by molar-refractivity contribution is -0.114. The summed E-state index contributed by atoms with van der Waals surface area (Å²) in [5, 5.41) is 16.7. The monoisotopic (exact) mass is 364 g/mol. The summed E-state index contributed by atoms with van der Waals surface area (Å²) in [4.78, 5) is 20.3. The highest BCUT2D eigenvalue weighted by atomic mass is 16.3. The molecular formula is C21H24N4O2. The maximum atomic E-state index is 11.4. The van der Waals surface area contributed by atoms with Gasteiger partial charge in [-0.05, 0) is 67.3 Å². The summed E-state index contributed by atoms with van der Waals surface area (Å²) in [5.74, 6) is 0.472. The molecule has 1 heterocycles. The lowest BCUT2D eigenvalue weighted by Gasteiger charge is -2.15. The van der Waals surface area contributed by atoms with E-state index in [0.717, 1.165) is 33.2 Å². The van der Waals surface area contributed by atoms with Crippen molar-refractivity contribution in [2.24, 2.45) is 0 Å². The number of aliphatic hydroxyl groups is 1. The molecule has 0 atom stereocenters. The Hall–Kier alpha value is -2.99. The Morgan fingerprint density at radius 1 is 1.19 bits per heavy atom. The number of carbonyl (C=O) groups excluding carboxylic acids is 1. The summed E-state index contributed by atoms with van der Waals surface area (Å²) in [6, 6.07) is 9.80. The average Bonchev–Trinajstić information content (AvgIpc) is 2.60. The highest BCUT2D eigenvalue weighted by molar-refractivity contribution is 5.91. The molecule has 0 unspecified atom stereocenters. The molecule has 0 fully saturated rings. The first kappa shape index (κ1) is 18.8. The Morgan fingerprint density at radius 3 is 2.63 bits per heavy atom. The van der Waals surface area contributed by atoms with Crippen LogP contribution in [0.4, 0.5) is 11.6 Å². The van der Waals surface area contributed by atoms with Crippen LogP contribution in [0.3, 0.4) is 0 Å². The van der Waals surface area contributed by atoms with Crippen LogP contribution < -0.4 is 10.6 Å². The molecule has 3 N–H and O–H groups in total. The number of nitrogens with zero attached hydrogens (tertiary/aromatic N) is 2. The van der Waals surface area contributed by atoms with Gasteiger partial charge in [-0.2, -0.15) is 0 Å². The van der Waals surface area contributed by atoms with Gasteiger partial charge in [-0.1, -0.05) is 6.07 Å². The maximum Gasteiger partial charge on any atom is 0.223 e. The third-order valence-corrected chi connectivity index (χ3v) is 4.23. The summed E-state index contributed by atoms with van der Waals surface area (Å²) in [6.07, 6.45) is 1.80. The van der Waals surface area contributed by atoms with Gasteiger partial charge in [-0.25, -0.2) is 9.97 Å². The fraction of sp³-hybridized carbons (Fsp3) is 0.286. The van der Waals surface area contributed by atoms with Gasteiger partial charge in [0.05, 0.1) is 12.1 Å². The minimum absolute atomic E-state index is 0.0824. The van der Waals surface area contributed by atoms with E-state index in [2.05, 4.69) is 20.6 Å². The van der Waals surface area contributed by atoms with E-state index in [1.807, 2.05) is 45.0 Å². The zero-order valence-corrected chi connectivity index (χ0v) is 16.0. The van der Waals surface area contributed by atoms with Gasteiger partial charge >= 0.3 is 0 Å². The molecule has 1 amide bonds. The minimum atomic E-state index is -0.133. The first-order valence-electron chi connectivity index (χ1n) is 8.93. The number of hydrogen-bond donors (Lipinski definition) is 3. The Bertz CT molecular complexity index is 999. The van der Waals surface area contributed by atoms with Crippen LogP contribution in [0.2, 0.25) is 0 Å². The van der Waals surface area contributed by atoms with Crippen molar-refractivity contribution in [3.63, 3.8) is 0 Å². The topological polar surface area (TPSA) is 87.1 Å². The molecule has 3 aromatic rings. The lowest BCUT2D eigenvalue weighted by Crippen LogP contribution is -2.12. The first-order valence-corrected chi connectivity index (χ1v) is 8.93. The number of aromatic nitrogens is 2. The van der Waals surface area contributed by atoms with E-state index in [0.29, 0.717) is 11.6 Å². The molecule has 0 aliphatic carbocycles. The summed E-state index contributed by atoms with van der Waals surface area (Å²) in [7, 11) is 0. The molecular weight excluding hydrogens is 340 g/mol. The van der Waals surface area contributed by atoms with E-state index in [9.17, 15) is 9.90 Å². The van der Waals surface area contributed by atoms with Gasteiger partial charge in [0.2, 0.25) is 11.9 Å². The molecule has 0 bridgehead atoms. The van der Waals surface area contributed by atoms with Gasteiger partial charge in [0.15, 0.2) is 0 Å². The van der Waals surface area contributed by atoms with E-state index < -0.39 is 0 Å². The fourth-order valence-corrected chi connectivity index (χ4v) is 3.05. The van der Waals surface area contributed by atoms with E-state index in [1.54, 1.807) is 12.3 Å². The van der Waals surface area contributed by atoms with Crippen molar-refractivity contribution >= 4 is 28.4 Å². The number of carbonyl (C=O) groups is 1. The number of hydrogen-bond acceptors (Lipinski definition) is 5. The predicted octanol–water partition coefficient (Wildman–Crippen LogP) is 3.88. The molecule has 27 heavy (non-hydrogen) atoms. The van der Waals surface area contributed by atoms with Gasteiger partial charge in [-0.15, -0.1) is 0 Å². The van der Waals surface area contributed by atoms with Gasteiger partial charge in [-0.3, -0.25) is 4.79 Å². The van der Waals surface area contributed by atoms with Crippen molar-refractivity contribution in [2.75, 3.05) is 10.6 Å². The Morgan fingerprint density at radius 2 is 1.96 bits per heavy atom. The molecule has 6 heteroatoms. The summed E-state index contributed by atoms with van der Waals surface area (Å²) >= 11 is 0. The minimum Gasteiger partial charge on any atom is -0.392 e. The highest BCUT2D eigenvalue weighted by Crippen LogP contribution is 2.32. The molecule has 0 aliphatic rings. The Kier molecular flexibility index (Phi) is 5.37. The van der Waals surface area contributed by atoms with Crippen molar-refractivity contribution < 1.29 is 9.90 Å². The molecule has 140 valence electrons. The van der Waals surface area contributed by atoms with Crippen molar-refractivity contribution in [2.45, 2.75) is 40.3 Å². The second-order valence-corrected chi connectivity index (χ2v) is 6.93. The van der Waals surface area contributed by atoms with Crippen molar-refractivity contribution in [1.29, 1.82) is 0 Å². The third kappa shape index (κ3) is 4.23. The maximum absolute atomic E-state index is 11.4. The second-order valence-electron chi connectivity index (χ2n) is 6.93. The largest absolute Gasteiger partial charge is 0.392 e. The number of aliphatic hydroxyl groups excluding tert-OH is 1. The van der Waals surface area contributed by atoms with E-state index in [4.69, 9.17) is 0 Å². The first-order chi connectivity index (χ1) is 12.9. The Labute approximate surface area is 158 Å². The lowest BCUT2D eigenvalue weighted by atomic mass is 9.94. The number of anilines is 2. The number of benzene rings is 2. The molecule has 0 saturated carbocycles. The van der Waals surface area contributed by atoms with Gasteiger partial charge in [0, 0.05) is 30.2 Å². The predicted molar refractivity (Wildman–Crippen MR) is 109 cm³/mol. The molecule has 0 spiro atoms. The van der Waals surface area contributed by atoms with Crippen LogP contribution in [-0.4, -0.2) is 27.0 Å². The Balaban J connectivity index is 2.11. The van der Waals surface area contributed by atoms with Crippen LogP contribution in [0.5, 0.6) is 0 Å². The van der Waals surface area contributed by atoms with Crippen LogP contribution in [0.15, 0.2) is 36.5 Å². The molecule has 2 aromatic carbocycles. The van der Waals surface area contributed by atoms with Crippen LogP contribution >= 0.6 is 0 Å². The number of fused-ring (bicyclic) bond motifs is 1. The SMILES string of the molecule is CC(=O)Nc1ccc(CO)c(-c2cc3cnc(NC(C)C)nc3cc2C)c1. The van der Waals surface area contributed by atoms with Gasteiger partial charge in [0.1, 0.15) is 0 Å². The average molecular weight is 364 g/mol. The number of nitrogens with one attached hydrogen (secondary N) is 2. The van der Waals surface area contributed by atoms with Crippen molar-refractivity contribution in [3.05, 3.63) is 47.7 Å². The van der Waals surface area contributed by atoms with Crippen LogP contribution in [0.1, 0.15) is 31.9 Å². The zero-order valence-electron chi connectivity index (χ0n) is 16.0. The van der Waals surface area contributed by atoms with E-state index in [-0.39, 0.29) is 18.6 Å². The fourth-order valence-electron chi connectivity index (χ4n) is 3.05. The highest BCUT2D eigenvalue weighted by Gasteiger charge is 2.12. The number of aryl methyl sites for hydroxylation is 1.